The molecule has 2 aliphatic rings. The van der Waals surface area contributed by atoms with E-state index in [0.717, 1.165) is 11.3 Å². The Hall–Kier alpha value is -1.89. The second kappa shape index (κ2) is 6.48. The van der Waals surface area contributed by atoms with Crippen molar-refractivity contribution in [2.24, 2.45) is 0 Å². The minimum atomic E-state index is -0.382. The molecule has 1 atom stereocenters. The van der Waals surface area contributed by atoms with Gasteiger partial charge in [-0.05, 0) is 24.3 Å². The highest BCUT2D eigenvalue weighted by Gasteiger charge is 2.32. The molecule has 3 heterocycles. The summed E-state index contributed by atoms with van der Waals surface area (Å²) in [4.78, 5) is 40.4. The van der Waals surface area contributed by atoms with Gasteiger partial charge >= 0.3 is 0 Å². The Morgan fingerprint density at radius 2 is 1.95 bits per heavy atom. The van der Waals surface area contributed by atoms with Crippen LogP contribution in [-0.4, -0.2) is 59.7 Å². The summed E-state index contributed by atoms with van der Waals surface area (Å²) >= 11 is 1.44. The number of nitrogens with one attached hydrogen (secondary N) is 1. The van der Waals surface area contributed by atoms with Gasteiger partial charge in [-0.2, -0.15) is 0 Å². The summed E-state index contributed by atoms with van der Waals surface area (Å²) in [7, 11) is 0. The maximum Gasteiger partial charge on any atom is 0.263 e. The van der Waals surface area contributed by atoms with Crippen molar-refractivity contribution >= 4 is 29.1 Å². The first-order chi connectivity index (χ1) is 10.6. The summed E-state index contributed by atoms with van der Waals surface area (Å²) in [5.41, 5.74) is 0. The number of hydrogen-bond donors (Lipinski definition) is 1. The summed E-state index contributed by atoms with van der Waals surface area (Å²) in [6.07, 6.45) is 1.77. The molecule has 6 nitrogen and oxygen atoms in total. The van der Waals surface area contributed by atoms with Crippen LogP contribution in [0.3, 0.4) is 0 Å². The Morgan fingerprint density at radius 1 is 1.18 bits per heavy atom. The van der Waals surface area contributed by atoms with Gasteiger partial charge < -0.3 is 15.1 Å². The van der Waals surface area contributed by atoms with Crippen molar-refractivity contribution in [2.75, 3.05) is 26.2 Å². The molecule has 1 aromatic heterocycles. The van der Waals surface area contributed by atoms with Crippen LogP contribution in [0.1, 0.15) is 28.9 Å². The van der Waals surface area contributed by atoms with Crippen molar-refractivity contribution in [3.8, 4) is 0 Å². The summed E-state index contributed by atoms with van der Waals surface area (Å²) in [5.74, 6) is -0.0302. The van der Waals surface area contributed by atoms with E-state index in [1.165, 1.54) is 11.3 Å². The summed E-state index contributed by atoms with van der Waals surface area (Å²) < 4.78 is 0. The van der Waals surface area contributed by atoms with Gasteiger partial charge in [0.25, 0.3) is 5.91 Å². The fourth-order valence-corrected chi connectivity index (χ4v) is 3.61. The zero-order valence-corrected chi connectivity index (χ0v) is 13.1. The Kier molecular flexibility index (Phi) is 4.42. The van der Waals surface area contributed by atoms with E-state index in [-0.39, 0.29) is 23.8 Å². The maximum absolute atomic E-state index is 12.4. The first-order valence-electron chi connectivity index (χ1n) is 7.56. The normalized spacial score (nSPS) is 22.4. The van der Waals surface area contributed by atoms with Gasteiger partial charge in [0, 0.05) is 32.6 Å². The van der Waals surface area contributed by atoms with Crippen LogP contribution < -0.4 is 5.32 Å². The number of thiophene rings is 1. The molecule has 1 unspecified atom stereocenters. The predicted molar refractivity (Wildman–Crippen MR) is 82.6 cm³/mol. The van der Waals surface area contributed by atoms with Crippen LogP contribution in [-0.2, 0) is 9.59 Å². The highest BCUT2D eigenvalue weighted by molar-refractivity contribution is 7.12. The highest BCUT2D eigenvalue weighted by Crippen LogP contribution is 2.16. The van der Waals surface area contributed by atoms with E-state index < -0.39 is 0 Å². The molecular formula is C15H19N3O3S. The molecule has 2 fully saturated rings. The number of amides is 3. The molecule has 0 spiro atoms. The van der Waals surface area contributed by atoms with Crippen molar-refractivity contribution in [2.45, 2.75) is 25.3 Å². The van der Waals surface area contributed by atoms with Crippen LogP contribution >= 0.6 is 11.3 Å². The van der Waals surface area contributed by atoms with Gasteiger partial charge in [0.05, 0.1) is 4.88 Å². The molecule has 0 aliphatic carbocycles. The minimum absolute atomic E-state index is 0.0173. The number of nitrogens with zero attached hydrogens (tertiary/aromatic N) is 2. The average Bonchev–Trinajstić information content (AvgIpc) is 3.13. The molecule has 0 aromatic carbocycles. The highest BCUT2D eigenvalue weighted by atomic mass is 32.1. The first kappa shape index (κ1) is 15.0. The van der Waals surface area contributed by atoms with Gasteiger partial charge in [0.1, 0.15) is 6.04 Å². The second-order valence-electron chi connectivity index (χ2n) is 5.61. The summed E-state index contributed by atoms with van der Waals surface area (Å²) in [6.45, 7) is 2.38. The van der Waals surface area contributed by atoms with Crippen molar-refractivity contribution in [1.82, 2.24) is 15.1 Å². The number of hydrogen-bond acceptors (Lipinski definition) is 4. The lowest BCUT2D eigenvalue weighted by Crippen LogP contribution is -2.46. The molecule has 2 aliphatic heterocycles. The second-order valence-corrected chi connectivity index (χ2v) is 6.55. The Bertz CT molecular complexity index is 573. The largest absolute Gasteiger partial charge is 0.344 e. The smallest absolute Gasteiger partial charge is 0.263 e. The van der Waals surface area contributed by atoms with Crippen LogP contribution in [0.2, 0.25) is 0 Å². The molecule has 1 aromatic rings. The van der Waals surface area contributed by atoms with E-state index in [4.69, 9.17) is 0 Å². The molecule has 3 amide bonds. The lowest BCUT2D eigenvalue weighted by Gasteiger charge is -2.24. The maximum atomic E-state index is 12.4. The van der Waals surface area contributed by atoms with Crippen LogP contribution in [0.4, 0.5) is 0 Å². The van der Waals surface area contributed by atoms with E-state index >= 15 is 0 Å². The lowest BCUT2D eigenvalue weighted by molar-refractivity contribution is -0.134. The molecule has 0 bridgehead atoms. The van der Waals surface area contributed by atoms with Crippen LogP contribution in [0.15, 0.2) is 17.5 Å². The average molecular weight is 321 g/mol. The number of carbonyl (C=O) groups excluding carboxylic acids is 3. The fourth-order valence-electron chi connectivity index (χ4n) is 2.92. The van der Waals surface area contributed by atoms with Crippen molar-refractivity contribution in [3.63, 3.8) is 0 Å². The summed E-state index contributed by atoms with van der Waals surface area (Å²) in [6, 6.07) is 3.32. The predicted octanol–water partition coefficient (Wildman–Crippen LogP) is 0.701. The van der Waals surface area contributed by atoms with Crippen molar-refractivity contribution in [1.29, 1.82) is 0 Å². The topological polar surface area (TPSA) is 69.7 Å². The SMILES string of the molecule is O=C1CCC(C(=O)N2CCCN(C(=O)c3cccs3)CC2)N1. The molecule has 0 saturated carbocycles. The third-order valence-electron chi connectivity index (χ3n) is 4.12. The molecule has 3 rings (SSSR count). The van der Waals surface area contributed by atoms with Gasteiger partial charge in [-0.15, -0.1) is 11.3 Å². The molecule has 22 heavy (non-hydrogen) atoms. The van der Waals surface area contributed by atoms with Crippen molar-refractivity contribution in [3.05, 3.63) is 22.4 Å². The van der Waals surface area contributed by atoms with E-state index in [1.54, 1.807) is 4.90 Å². The van der Waals surface area contributed by atoms with Gasteiger partial charge in [-0.1, -0.05) is 6.07 Å². The lowest BCUT2D eigenvalue weighted by atomic mass is 10.2. The van der Waals surface area contributed by atoms with Gasteiger partial charge in [0.2, 0.25) is 11.8 Å². The quantitative estimate of drug-likeness (QED) is 0.872. The fraction of sp³-hybridized carbons (Fsp3) is 0.533. The Morgan fingerprint density at radius 3 is 2.64 bits per heavy atom. The monoisotopic (exact) mass is 321 g/mol. The minimum Gasteiger partial charge on any atom is -0.344 e. The van der Waals surface area contributed by atoms with Gasteiger partial charge in [-0.25, -0.2) is 0 Å². The van der Waals surface area contributed by atoms with Gasteiger partial charge in [0.15, 0.2) is 0 Å². The first-order valence-corrected chi connectivity index (χ1v) is 8.44. The third-order valence-corrected chi connectivity index (χ3v) is 4.98. The molecule has 7 heteroatoms. The van der Waals surface area contributed by atoms with E-state index in [9.17, 15) is 14.4 Å². The van der Waals surface area contributed by atoms with Crippen LogP contribution in [0.25, 0.3) is 0 Å². The third kappa shape index (κ3) is 3.14. The zero-order chi connectivity index (χ0) is 15.5. The number of rotatable bonds is 2. The van der Waals surface area contributed by atoms with E-state index in [2.05, 4.69) is 5.32 Å². The van der Waals surface area contributed by atoms with E-state index in [1.807, 2.05) is 22.4 Å². The zero-order valence-electron chi connectivity index (χ0n) is 12.3. The van der Waals surface area contributed by atoms with E-state index in [0.29, 0.717) is 39.0 Å². The molecule has 1 N–H and O–H groups in total. The number of carbonyl (C=O) groups is 3. The molecule has 118 valence electrons. The Balaban J connectivity index is 1.59. The van der Waals surface area contributed by atoms with Crippen LogP contribution in [0, 0.1) is 0 Å². The van der Waals surface area contributed by atoms with Crippen LogP contribution in [0.5, 0.6) is 0 Å². The standard InChI is InChI=1S/C15H19N3O3S/c19-13-5-4-11(16-13)14(20)17-6-2-7-18(9-8-17)15(21)12-3-1-10-22-12/h1,3,10-11H,2,4-9H2,(H,16,19). The summed E-state index contributed by atoms with van der Waals surface area (Å²) in [5, 5.41) is 4.61. The molecular weight excluding hydrogens is 302 g/mol. The molecule has 0 radical (unpaired) electrons. The van der Waals surface area contributed by atoms with Gasteiger partial charge in [-0.3, -0.25) is 14.4 Å². The molecule has 2 saturated heterocycles. The van der Waals surface area contributed by atoms with Crippen molar-refractivity contribution < 1.29 is 14.4 Å². The Labute approximate surface area is 133 Å².